The zero-order valence-corrected chi connectivity index (χ0v) is 16.8. The third-order valence-corrected chi connectivity index (χ3v) is 6.99. The van der Waals surface area contributed by atoms with E-state index in [9.17, 15) is 13.2 Å². The highest BCUT2D eigenvalue weighted by Gasteiger charge is 2.29. The topological polar surface area (TPSA) is 69.7 Å². The fourth-order valence-electron chi connectivity index (χ4n) is 3.57. The van der Waals surface area contributed by atoms with E-state index in [-0.39, 0.29) is 11.8 Å². The summed E-state index contributed by atoms with van der Waals surface area (Å²) in [5.74, 6) is -0.0178. The lowest BCUT2D eigenvalue weighted by atomic mass is 10.1. The van der Waals surface area contributed by atoms with E-state index in [1.807, 2.05) is 72.8 Å². The number of sulfonamides is 1. The number of benzene rings is 3. The first-order chi connectivity index (χ1) is 14.0. The molecule has 29 heavy (non-hydrogen) atoms. The largest absolute Gasteiger partial charge is 0.322 e. The van der Waals surface area contributed by atoms with Crippen LogP contribution < -0.4 is 5.32 Å². The van der Waals surface area contributed by atoms with Gasteiger partial charge >= 0.3 is 6.03 Å². The molecule has 150 valence electrons. The number of hydrogen-bond donors (Lipinski definition) is 1. The molecule has 0 spiro atoms. The van der Waals surface area contributed by atoms with Crippen molar-refractivity contribution in [3.63, 3.8) is 0 Å². The van der Waals surface area contributed by atoms with Crippen molar-refractivity contribution in [1.29, 1.82) is 0 Å². The average Bonchev–Trinajstić information content (AvgIpc) is 2.74. The summed E-state index contributed by atoms with van der Waals surface area (Å²) in [5.41, 5.74) is 1.52. The van der Waals surface area contributed by atoms with E-state index in [2.05, 4.69) is 5.32 Å². The summed E-state index contributed by atoms with van der Waals surface area (Å²) in [6, 6.07) is 22.6. The quantitative estimate of drug-likeness (QED) is 0.717. The first kappa shape index (κ1) is 19.4. The molecule has 1 N–H and O–H groups in total. The first-order valence-corrected chi connectivity index (χ1v) is 11.2. The summed E-state index contributed by atoms with van der Waals surface area (Å²) in [6.07, 6.45) is 0. The number of nitrogens with one attached hydrogen (secondary N) is 1. The molecule has 2 amide bonds. The first-order valence-electron chi connectivity index (χ1n) is 9.58. The van der Waals surface area contributed by atoms with Crippen LogP contribution in [0.3, 0.4) is 0 Å². The van der Waals surface area contributed by atoms with E-state index in [0.29, 0.717) is 26.2 Å². The van der Waals surface area contributed by atoms with Crippen LogP contribution in [0.4, 0.5) is 10.5 Å². The molecule has 0 saturated carbocycles. The molecule has 1 aliphatic heterocycles. The summed E-state index contributed by atoms with van der Waals surface area (Å²) in [5, 5.41) is 5.00. The summed E-state index contributed by atoms with van der Waals surface area (Å²) >= 11 is 0. The molecule has 1 heterocycles. The lowest BCUT2D eigenvalue weighted by Gasteiger charge is -2.34. The van der Waals surface area contributed by atoms with Crippen molar-refractivity contribution in [2.24, 2.45) is 0 Å². The van der Waals surface area contributed by atoms with E-state index >= 15 is 0 Å². The van der Waals surface area contributed by atoms with Crippen LogP contribution in [0.2, 0.25) is 0 Å². The number of fused-ring (bicyclic) bond motifs is 1. The highest BCUT2D eigenvalue weighted by Crippen LogP contribution is 2.23. The number of amides is 2. The molecule has 1 aliphatic rings. The summed E-state index contributed by atoms with van der Waals surface area (Å²) in [7, 11) is -3.40. The third-order valence-electron chi connectivity index (χ3n) is 5.14. The van der Waals surface area contributed by atoms with Crippen LogP contribution >= 0.6 is 0 Å². The van der Waals surface area contributed by atoms with E-state index in [0.717, 1.165) is 22.0 Å². The van der Waals surface area contributed by atoms with Gasteiger partial charge in [-0.1, -0.05) is 66.7 Å². The number of urea groups is 1. The fraction of sp³-hybridized carbons (Fsp3) is 0.227. The van der Waals surface area contributed by atoms with Gasteiger partial charge in [-0.15, -0.1) is 0 Å². The molecular formula is C22H23N3O3S. The maximum absolute atomic E-state index is 12.7. The standard InChI is InChI=1S/C22H23N3O3S/c26-22(23-21-12-6-10-19-9-4-5-11-20(19)21)24-13-15-25(16-14-24)29(27,28)17-18-7-2-1-3-8-18/h1-12H,13-17H2,(H,23,26). The van der Waals surface area contributed by atoms with Crippen molar-refractivity contribution < 1.29 is 13.2 Å². The number of nitrogens with zero attached hydrogens (tertiary/aromatic N) is 2. The minimum absolute atomic E-state index is 0.0178. The zero-order valence-electron chi connectivity index (χ0n) is 16.0. The second-order valence-corrected chi connectivity index (χ2v) is 9.05. The Bertz CT molecular complexity index is 1100. The van der Waals surface area contributed by atoms with Gasteiger partial charge in [-0.3, -0.25) is 0 Å². The number of anilines is 1. The normalized spacial score (nSPS) is 15.4. The molecule has 0 radical (unpaired) electrons. The highest BCUT2D eigenvalue weighted by molar-refractivity contribution is 7.88. The van der Waals surface area contributed by atoms with Crippen LogP contribution in [0, 0.1) is 0 Å². The number of hydrogen-bond acceptors (Lipinski definition) is 3. The van der Waals surface area contributed by atoms with E-state index in [4.69, 9.17) is 0 Å². The molecule has 6 nitrogen and oxygen atoms in total. The van der Waals surface area contributed by atoms with Crippen LogP contribution in [0.15, 0.2) is 72.8 Å². The van der Waals surface area contributed by atoms with Crippen LogP contribution in [0.5, 0.6) is 0 Å². The summed E-state index contributed by atoms with van der Waals surface area (Å²) in [4.78, 5) is 14.4. The van der Waals surface area contributed by atoms with Crippen molar-refractivity contribution >= 4 is 32.5 Å². The van der Waals surface area contributed by atoms with E-state index in [1.54, 1.807) is 4.90 Å². The van der Waals surface area contributed by atoms with Gasteiger partial charge < -0.3 is 10.2 Å². The van der Waals surface area contributed by atoms with Crippen molar-refractivity contribution in [3.05, 3.63) is 78.4 Å². The van der Waals surface area contributed by atoms with Crippen molar-refractivity contribution in [3.8, 4) is 0 Å². The smallest absolute Gasteiger partial charge is 0.321 e. The molecule has 3 aromatic rings. The van der Waals surface area contributed by atoms with Gasteiger partial charge in [0.05, 0.1) is 11.4 Å². The number of carbonyl (C=O) groups is 1. The van der Waals surface area contributed by atoms with Gasteiger partial charge in [-0.05, 0) is 17.0 Å². The molecule has 1 saturated heterocycles. The van der Waals surface area contributed by atoms with Gasteiger partial charge in [-0.2, -0.15) is 4.31 Å². The molecule has 0 unspecified atom stereocenters. The average molecular weight is 410 g/mol. The molecule has 1 fully saturated rings. The van der Waals surface area contributed by atoms with Gasteiger partial charge in [0.25, 0.3) is 0 Å². The monoisotopic (exact) mass is 409 g/mol. The van der Waals surface area contributed by atoms with Crippen LogP contribution in [0.25, 0.3) is 10.8 Å². The molecule has 7 heteroatoms. The molecule has 0 atom stereocenters. The molecule has 0 bridgehead atoms. The zero-order chi connectivity index (χ0) is 20.3. The predicted octanol–water partition coefficient (Wildman–Crippen LogP) is 3.52. The van der Waals surface area contributed by atoms with Crippen molar-refractivity contribution in [2.75, 3.05) is 31.5 Å². The Balaban J connectivity index is 1.38. The van der Waals surface area contributed by atoms with Crippen LogP contribution in [0.1, 0.15) is 5.56 Å². The maximum atomic E-state index is 12.7. The van der Waals surface area contributed by atoms with Crippen LogP contribution in [-0.4, -0.2) is 49.8 Å². The summed E-state index contributed by atoms with van der Waals surface area (Å²) < 4.78 is 26.8. The molecular weight excluding hydrogens is 386 g/mol. The summed E-state index contributed by atoms with van der Waals surface area (Å²) in [6.45, 7) is 1.34. The molecule has 4 rings (SSSR count). The number of rotatable bonds is 4. The molecule has 0 aromatic heterocycles. The lowest BCUT2D eigenvalue weighted by Crippen LogP contribution is -2.51. The molecule has 3 aromatic carbocycles. The lowest BCUT2D eigenvalue weighted by molar-refractivity contribution is 0.184. The van der Waals surface area contributed by atoms with Crippen molar-refractivity contribution in [2.45, 2.75) is 5.75 Å². The maximum Gasteiger partial charge on any atom is 0.321 e. The Kier molecular flexibility index (Phi) is 5.51. The van der Waals surface area contributed by atoms with Gasteiger partial charge in [0.1, 0.15) is 0 Å². The Hall–Kier alpha value is -2.90. The fourth-order valence-corrected chi connectivity index (χ4v) is 5.09. The van der Waals surface area contributed by atoms with Gasteiger partial charge in [0.2, 0.25) is 10.0 Å². The second kappa shape index (κ2) is 8.23. The minimum Gasteiger partial charge on any atom is -0.322 e. The Morgan fingerprint density at radius 3 is 2.24 bits per heavy atom. The Morgan fingerprint density at radius 1 is 0.828 bits per heavy atom. The number of carbonyl (C=O) groups excluding carboxylic acids is 1. The molecule has 0 aliphatic carbocycles. The number of piperazine rings is 1. The highest BCUT2D eigenvalue weighted by atomic mass is 32.2. The van der Waals surface area contributed by atoms with E-state index in [1.165, 1.54) is 4.31 Å². The SMILES string of the molecule is O=C(Nc1cccc2ccccc12)N1CCN(S(=O)(=O)Cc2ccccc2)CC1. The predicted molar refractivity (Wildman–Crippen MR) is 115 cm³/mol. The van der Waals surface area contributed by atoms with E-state index < -0.39 is 10.0 Å². The van der Waals surface area contributed by atoms with Gasteiger partial charge in [-0.25, -0.2) is 13.2 Å². The van der Waals surface area contributed by atoms with Gasteiger partial charge in [0, 0.05) is 31.6 Å². The minimum atomic E-state index is -3.40. The Labute approximate surface area is 170 Å². The second-order valence-electron chi connectivity index (χ2n) is 7.08. The third kappa shape index (κ3) is 4.41. The van der Waals surface area contributed by atoms with Gasteiger partial charge in [0.15, 0.2) is 0 Å². The van der Waals surface area contributed by atoms with Crippen molar-refractivity contribution in [1.82, 2.24) is 9.21 Å². The Morgan fingerprint density at radius 2 is 1.48 bits per heavy atom. The van der Waals surface area contributed by atoms with Crippen LogP contribution in [-0.2, 0) is 15.8 Å².